The second-order valence-electron chi connectivity index (χ2n) is 6.52. The fourth-order valence-electron chi connectivity index (χ4n) is 2.73. The van der Waals surface area contributed by atoms with Crippen molar-refractivity contribution in [2.45, 2.75) is 31.7 Å². The molecule has 8 nitrogen and oxygen atoms in total. The van der Waals surface area contributed by atoms with E-state index in [-0.39, 0.29) is 29.1 Å². The number of aromatic nitrogens is 5. The zero-order valence-electron chi connectivity index (χ0n) is 15.1. The lowest BCUT2D eigenvalue weighted by Gasteiger charge is -2.14. The van der Waals surface area contributed by atoms with Gasteiger partial charge in [-0.15, -0.1) is 13.2 Å². The molecule has 30 heavy (non-hydrogen) atoms. The molecule has 3 heterocycles. The summed E-state index contributed by atoms with van der Waals surface area (Å²) in [6, 6.07) is 2.37. The molecule has 3 aromatic heterocycles. The number of alkyl halides is 5. The molecule has 0 saturated heterocycles. The number of hydrogen-bond donors (Lipinski definition) is 2. The third-order valence-electron chi connectivity index (χ3n) is 4.14. The maximum atomic E-state index is 12.9. The summed E-state index contributed by atoms with van der Waals surface area (Å²) in [6.07, 6.45) is -1.82. The molecule has 158 valence electrons. The van der Waals surface area contributed by atoms with Gasteiger partial charge in [0.25, 0.3) is 6.43 Å². The molecule has 0 aromatic carbocycles. The summed E-state index contributed by atoms with van der Waals surface area (Å²) in [7, 11) is 0. The van der Waals surface area contributed by atoms with Crippen molar-refractivity contribution < 1.29 is 26.7 Å². The van der Waals surface area contributed by atoms with Crippen LogP contribution in [0.5, 0.6) is 5.75 Å². The molecule has 0 unspecified atom stereocenters. The first kappa shape index (κ1) is 19.8. The Kier molecular flexibility index (Phi) is 4.87. The van der Waals surface area contributed by atoms with Gasteiger partial charge in [0.2, 0.25) is 0 Å². The molecule has 0 bridgehead atoms. The zero-order chi connectivity index (χ0) is 21.5. The van der Waals surface area contributed by atoms with Crippen LogP contribution in [0, 0.1) is 0 Å². The third kappa shape index (κ3) is 4.55. The number of nitrogens with one attached hydrogen (secondary N) is 1. The maximum Gasteiger partial charge on any atom is 0.573 e. The van der Waals surface area contributed by atoms with E-state index < -0.39 is 24.4 Å². The third-order valence-corrected chi connectivity index (χ3v) is 4.14. The van der Waals surface area contributed by atoms with Crippen LogP contribution < -0.4 is 15.8 Å². The highest BCUT2D eigenvalue weighted by Crippen LogP contribution is 2.38. The van der Waals surface area contributed by atoms with Gasteiger partial charge in [-0.2, -0.15) is 5.10 Å². The van der Waals surface area contributed by atoms with E-state index in [9.17, 15) is 22.0 Å². The first-order valence-electron chi connectivity index (χ1n) is 8.68. The number of rotatable bonds is 6. The van der Waals surface area contributed by atoms with Gasteiger partial charge in [0.05, 0.1) is 12.2 Å². The lowest BCUT2D eigenvalue weighted by molar-refractivity contribution is -0.274. The number of nitrogen functional groups attached to an aromatic ring is 1. The lowest BCUT2D eigenvalue weighted by atomic mass is 10.1. The minimum absolute atomic E-state index is 0.0697. The smallest absolute Gasteiger partial charge is 0.405 e. The molecular weight excluding hydrogens is 413 g/mol. The van der Waals surface area contributed by atoms with Crippen LogP contribution in [0.4, 0.5) is 39.4 Å². The number of nitrogens with zero attached hydrogens (tertiary/aromatic N) is 5. The van der Waals surface area contributed by atoms with Gasteiger partial charge in [0.15, 0.2) is 5.82 Å². The van der Waals surface area contributed by atoms with Crippen LogP contribution >= 0.6 is 0 Å². The monoisotopic (exact) mass is 427 g/mol. The molecule has 1 aliphatic rings. The van der Waals surface area contributed by atoms with Crippen LogP contribution in [0.25, 0.3) is 11.1 Å². The van der Waals surface area contributed by atoms with E-state index in [1.165, 1.54) is 6.20 Å². The highest BCUT2D eigenvalue weighted by atomic mass is 19.4. The van der Waals surface area contributed by atoms with Gasteiger partial charge in [0, 0.05) is 35.7 Å². The standard InChI is InChI=1S/C17H14F5N7O/c18-15(19)16-26-12(23)4-14(28-16)27-13-3-11(30-17(20,21)22)10(6-24-13)8-5-25-29(7-8)9-1-2-9/h3-7,9,15H,1-2H2,(H3,23,24,26,27,28). The van der Waals surface area contributed by atoms with Crippen molar-refractivity contribution >= 4 is 17.5 Å². The molecule has 4 rings (SSSR count). The normalized spacial score (nSPS) is 14.2. The molecule has 0 aliphatic heterocycles. The highest BCUT2D eigenvalue weighted by molar-refractivity contribution is 5.71. The second-order valence-corrected chi connectivity index (χ2v) is 6.52. The quantitative estimate of drug-likeness (QED) is 0.568. The Hall–Kier alpha value is -3.51. The van der Waals surface area contributed by atoms with Gasteiger partial charge in [-0.3, -0.25) is 4.68 Å². The van der Waals surface area contributed by atoms with Crippen molar-refractivity contribution in [2.75, 3.05) is 11.1 Å². The Bertz CT molecular complexity index is 1060. The minimum atomic E-state index is -4.96. The Morgan fingerprint density at radius 3 is 2.57 bits per heavy atom. The minimum Gasteiger partial charge on any atom is -0.405 e. The number of hydrogen-bond acceptors (Lipinski definition) is 7. The Labute approximate surface area is 165 Å². The molecule has 1 fully saturated rings. The molecule has 3 N–H and O–H groups in total. The summed E-state index contributed by atoms with van der Waals surface area (Å²) in [5, 5.41) is 6.69. The van der Waals surface area contributed by atoms with E-state index in [0.717, 1.165) is 31.2 Å². The summed E-state index contributed by atoms with van der Waals surface area (Å²) < 4.78 is 70.3. The SMILES string of the molecule is Nc1cc(Nc2cc(OC(F)(F)F)c(-c3cnn(C4CC4)c3)cn2)nc(C(F)F)n1. The average Bonchev–Trinajstić information content (AvgIpc) is 3.38. The van der Waals surface area contributed by atoms with Crippen LogP contribution in [-0.2, 0) is 0 Å². The first-order chi connectivity index (χ1) is 14.2. The van der Waals surface area contributed by atoms with E-state index in [1.807, 2.05) is 0 Å². The molecule has 0 amide bonds. The van der Waals surface area contributed by atoms with Crippen molar-refractivity contribution in [3.05, 3.63) is 36.5 Å². The number of nitrogens with two attached hydrogens (primary N) is 1. The van der Waals surface area contributed by atoms with Gasteiger partial charge >= 0.3 is 6.36 Å². The van der Waals surface area contributed by atoms with E-state index in [2.05, 4.69) is 30.1 Å². The van der Waals surface area contributed by atoms with Gasteiger partial charge in [-0.05, 0) is 12.8 Å². The number of pyridine rings is 1. The van der Waals surface area contributed by atoms with Crippen LogP contribution in [-0.4, -0.2) is 31.1 Å². The lowest BCUT2D eigenvalue weighted by Crippen LogP contribution is -2.18. The van der Waals surface area contributed by atoms with Crippen LogP contribution in [0.1, 0.15) is 31.1 Å². The predicted molar refractivity (Wildman–Crippen MR) is 95.1 cm³/mol. The van der Waals surface area contributed by atoms with E-state index in [4.69, 9.17) is 5.73 Å². The van der Waals surface area contributed by atoms with Gasteiger partial charge in [-0.25, -0.2) is 23.7 Å². The van der Waals surface area contributed by atoms with Crippen molar-refractivity contribution in [1.82, 2.24) is 24.7 Å². The van der Waals surface area contributed by atoms with Crippen molar-refractivity contribution in [2.24, 2.45) is 0 Å². The maximum absolute atomic E-state index is 12.9. The number of ether oxygens (including phenoxy) is 1. The highest BCUT2D eigenvalue weighted by Gasteiger charge is 2.33. The van der Waals surface area contributed by atoms with Crippen molar-refractivity contribution in [3.63, 3.8) is 0 Å². The molecule has 0 radical (unpaired) electrons. The largest absolute Gasteiger partial charge is 0.573 e. The predicted octanol–water partition coefficient (Wildman–Crippen LogP) is 4.23. The van der Waals surface area contributed by atoms with E-state index >= 15 is 0 Å². The van der Waals surface area contributed by atoms with Gasteiger partial charge < -0.3 is 15.8 Å². The molecule has 13 heteroatoms. The van der Waals surface area contributed by atoms with Crippen LogP contribution in [0.2, 0.25) is 0 Å². The molecule has 0 atom stereocenters. The Morgan fingerprint density at radius 1 is 1.13 bits per heavy atom. The number of anilines is 3. The summed E-state index contributed by atoms with van der Waals surface area (Å²) >= 11 is 0. The number of halogens is 5. The first-order valence-corrected chi connectivity index (χ1v) is 8.68. The topological polar surface area (TPSA) is 104 Å². The van der Waals surface area contributed by atoms with Crippen molar-refractivity contribution in [3.8, 4) is 16.9 Å². The molecule has 3 aromatic rings. The van der Waals surface area contributed by atoms with Gasteiger partial charge in [0.1, 0.15) is 23.2 Å². The van der Waals surface area contributed by atoms with Crippen molar-refractivity contribution in [1.29, 1.82) is 0 Å². The molecular formula is C17H14F5N7O. The molecule has 1 aliphatic carbocycles. The zero-order valence-corrected chi connectivity index (χ0v) is 15.1. The second kappa shape index (κ2) is 7.39. The fourth-order valence-corrected chi connectivity index (χ4v) is 2.73. The summed E-state index contributed by atoms with van der Waals surface area (Å²) in [4.78, 5) is 11.0. The van der Waals surface area contributed by atoms with E-state index in [1.54, 1.807) is 10.9 Å². The Morgan fingerprint density at radius 2 is 1.90 bits per heavy atom. The summed E-state index contributed by atoms with van der Waals surface area (Å²) in [6.45, 7) is 0. The summed E-state index contributed by atoms with van der Waals surface area (Å²) in [5.41, 5.74) is 5.93. The van der Waals surface area contributed by atoms with Crippen LogP contribution in [0.15, 0.2) is 30.7 Å². The van der Waals surface area contributed by atoms with Crippen LogP contribution in [0.3, 0.4) is 0 Å². The summed E-state index contributed by atoms with van der Waals surface area (Å²) in [5.74, 6) is -1.87. The van der Waals surface area contributed by atoms with E-state index in [0.29, 0.717) is 5.56 Å². The average molecular weight is 427 g/mol. The fraction of sp³-hybridized carbons (Fsp3) is 0.294. The Balaban J connectivity index is 1.67. The molecule has 1 saturated carbocycles. The van der Waals surface area contributed by atoms with Gasteiger partial charge in [-0.1, -0.05) is 0 Å². The molecule has 0 spiro atoms.